The van der Waals surface area contributed by atoms with Crippen molar-refractivity contribution in [2.75, 3.05) is 45.3 Å². The van der Waals surface area contributed by atoms with Crippen molar-refractivity contribution < 1.29 is 47.8 Å². The lowest BCUT2D eigenvalue weighted by molar-refractivity contribution is -0.177. The third-order valence-electron chi connectivity index (χ3n) is 7.51. The van der Waals surface area contributed by atoms with E-state index in [9.17, 15) is 28.8 Å². The van der Waals surface area contributed by atoms with E-state index in [0.29, 0.717) is 71.3 Å². The molecule has 0 radical (unpaired) electrons. The largest absolute Gasteiger partial charge is 0.533 e. The van der Waals surface area contributed by atoms with Crippen LogP contribution in [0.5, 0.6) is 0 Å². The third kappa shape index (κ3) is 9.36. The molecule has 1 fully saturated rings. The number of methoxy groups -OCH3 is 1. The van der Waals surface area contributed by atoms with Gasteiger partial charge >= 0.3 is 6.16 Å². The Morgan fingerprint density at radius 3 is 2.36 bits per heavy atom. The SMILES string of the molecule is COCCNC(=O)CCCC(=O)Nc1ccc2c(c1)C(COC(=O)ON1C(=O)CCC1=O)c1cccc(C(=O)NCCOC(C)C)c1-2. The molecule has 14 heteroatoms. The summed E-state index contributed by atoms with van der Waals surface area (Å²) in [5.74, 6) is -2.60. The van der Waals surface area contributed by atoms with Gasteiger partial charge in [0.2, 0.25) is 11.8 Å². The second-order valence-electron chi connectivity index (χ2n) is 11.3. The van der Waals surface area contributed by atoms with Crippen LogP contribution in [0.25, 0.3) is 11.1 Å². The number of amides is 5. The van der Waals surface area contributed by atoms with E-state index in [1.807, 2.05) is 19.9 Å². The smallest absolute Gasteiger partial charge is 0.432 e. The van der Waals surface area contributed by atoms with E-state index >= 15 is 0 Å². The zero-order valence-corrected chi connectivity index (χ0v) is 26.7. The average Bonchev–Trinajstić information content (AvgIpc) is 3.52. The van der Waals surface area contributed by atoms with Gasteiger partial charge in [0.25, 0.3) is 17.7 Å². The molecule has 2 aliphatic rings. The quantitative estimate of drug-likeness (QED) is 0.139. The Morgan fingerprint density at radius 1 is 0.915 bits per heavy atom. The molecule has 2 aromatic carbocycles. The Kier molecular flexibility index (Phi) is 12.4. The fraction of sp³-hybridized carbons (Fsp3) is 0.455. The molecule has 2 aromatic rings. The molecule has 4 rings (SSSR count). The maximum atomic E-state index is 13.3. The number of carbonyl (C=O) groups is 6. The lowest BCUT2D eigenvalue weighted by Crippen LogP contribution is -2.32. The van der Waals surface area contributed by atoms with Crippen LogP contribution in [0.2, 0.25) is 0 Å². The van der Waals surface area contributed by atoms with Crippen LogP contribution in [0, 0.1) is 0 Å². The highest BCUT2D eigenvalue weighted by atomic mass is 16.8. The molecule has 0 bridgehead atoms. The molecule has 1 unspecified atom stereocenters. The Labute approximate surface area is 272 Å². The molecule has 1 heterocycles. The zero-order chi connectivity index (χ0) is 33.9. The second-order valence-corrected chi connectivity index (χ2v) is 11.3. The molecule has 0 saturated carbocycles. The van der Waals surface area contributed by atoms with Gasteiger partial charge in [0.05, 0.1) is 19.3 Å². The van der Waals surface area contributed by atoms with Crippen LogP contribution in [0.15, 0.2) is 36.4 Å². The number of hydrogen-bond donors (Lipinski definition) is 3. The number of benzene rings is 2. The number of nitrogens with one attached hydrogen (secondary N) is 3. The first-order valence-corrected chi connectivity index (χ1v) is 15.5. The Morgan fingerprint density at radius 2 is 1.64 bits per heavy atom. The van der Waals surface area contributed by atoms with E-state index < -0.39 is 23.9 Å². The Balaban J connectivity index is 1.50. The summed E-state index contributed by atoms with van der Waals surface area (Å²) in [6.45, 7) is 5.02. The molecule has 1 aliphatic carbocycles. The van der Waals surface area contributed by atoms with Crippen LogP contribution in [-0.2, 0) is 38.2 Å². The Bertz CT molecular complexity index is 1490. The predicted molar refractivity (Wildman–Crippen MR) is 168 cm³/mol. The van der Waals surface area contributed by atoms with Gasteiger partial charge in [-0.1, -0.05) is 23.3 Å². The number of fused-ring (bicyclic) bond motifs is 3. The van der Waals surface area contributed by atoms with E-state index in [0.717, 1.165) is 0 Å². The van der Waals surface area contributed by atoms with E-state index in [1.54, 1.807) is 37.4 Å². The van der Waals surface area contributed by atoms with Gasteiger partial charge in [0.1, 0.15) is 6.61 Å². The molecule has 1 saturated heterocycles. The number of hydrogen-bond acceptors (Lipinski definition) is 10. The minimum atomic E-state index is -1.22. The van der Waals surface area contributed by atoms with Gasteiger partial charge in [-0.05, 0) is 60.7 Å². The number of carbonyl (C=O) groups excluding carboxylic acids is 6. The normalized spacial score (nSPS) is 14.9. The van der Waals surface area contributed by atoms with E-state index in [-0.39, 0.29) is 56.1 Å². The van der Waals surface area contributed by atoms with Crippen LogP contribution in [0.1, 0.15) is 73.4 Å². The summed E-state index contributed by atoms with van der Waals surface area (Å²) in [6.07, 6.45) is -0.656. The summed E-state index contributed by atoms with van der Waals surface area (Å²) < 4.78 is 15.8. The molecule has 3 N–H and O–H groups in total. The van der Waals surface area contributed by atoms with Crippen LogP contribution in [-0.4, -0.2) is 86.9 Å². The minimum Gasteiger partial charge on any atom is -0.432 e. The van der Waals surface area contributed by atoms with E-state index in [2.05, 4.69) is 16.0 Å². The predicted octanol–water partition coefficient (Wildman–Crippen LogP) is 3.04. The second kappa shape index (κ2) is 16.7. The summed E-state index contributed by atoms with van der Waals surface area (Å²) in [7, 11) is 1.54. The summed E-state index contributed by atoms with van der Waals surface area (Å²) in [5, 5.41) is 8.84. The number of rotatable bonds is 16. The maximum Gasteiger partial charge on any atom is 0.533 e. The van der Waals surface area contributed by atoms with Gasteiger partial charge in [-0.15, -0.1) is 0 Å². The van der Waals surface area contributed by atoms with Gasteiger partial charge in [-0.25, -0.2) is 4.79 Å². The average molecular weight is 653 g/mol. The molecular weight excluding hydrogens is 612 g/mol. The highest BCUT2D eigenvalue weighted by Gasteiger charge is 2.36. The van der Waals surface area contributed by atoms with Crippen molar-refractivity contribution in [3.63, 3.8) is 0 Å². The summed E-state index contributed by atoms with van der Waals surface area (Å²) in [6, 6.07) is 10.5. The first kappa shape index (κ1) is 35.0. The Hall–Kier alpha value is -4.82. The monoisotopic (exact) mass is 652 g/mol. The van der Waals surface area contributed by atoms with Crippen molar-refractivity contribution >= 4 is 41.4 Å². The number of imide groups is 1. The first-order chi connectivity index (χ1) is 22.6. The standard InChI is InChI=1S/C33H40N4O10/c1-20(2)45-17-15-35-32(42)24-7-4-6-22-26(19-46-33(43)47-37-29(40)12-13-30(37)41)25-18-21(10-11-23(25)31(22)24)36-28(39)9-5-8-27(38)34-14-16-44-3/h4,6-7,10-11,18,20,26H,5,8-9,12-17,19H2,1-3H3,(H,34,38)(H,35,42)(H,36,39). The zero-order valence-electron chi connectivity index (χ0n) is 26.7. The van der Waals surface area contributed by atoms with Crippen molar-refractivity contribution in [3.8, 4) is 11.1 Å². The molecule has 1 aliphatic heterocycles. The maximum absolute atomic E-state index is 13.3. The highest BCUT2D eigenvalue weighted by molar-refractivity contribution is 6.04. The fourth-order valence-electron chi connectivity index (χ4n) is 5.33. The van der Waals surface area contributed by atoms with E-state index in [1.165, 1.54) is 0 Å². The van der Waals surface area contributed by atoms with Crippen molar-refractivity contribution in [2.24, 2.45) is 0 Å². The molecule has 14 nitrogen and oxygen atoms in total. The van der Waals surface area contributed by atoms with Crippen LogP contribution in [0.4, 0.5) is 10.5 Å². The lowest BCUT2D eigenvalue weighted by atomic mass is 9.96. The molecule has 47 heavy (non-hydrogen) atoms. The lowest BCUT2D eigenvalue weighted by Gasteiger charge is -2.17. The fourth-order valence-corrected chi connectivity index (χ4v) is 5.33. The highest BCUT2D eigenvalue weighted by Crippen LogP contribution is 2.47. The van der Waals surface area contributed by atoms with Crippen molar-refractivity contribution in [1.29, 1.82) is 0 Å². The third-order valence-corrected chi connectivity index (χ3v) is 7.51. The van der Waals surface area contributed by atoms with Gasteiger partial charge in [-0.3, -0.25) is 28.8 Å². The molecule has 5 amide bonds. The van der Waals surface area contributed by atoms with E-state index in [4.69, 9.17) is 19.0 Å². The number of nitrogens with zero attached hydrogens (tertiary/aromatic N) is 1. The summed E-state index contributed by atoms with van der Waals surface area (Å²) >= 11 is 0. The molecule has 0 spiro atoms. The van der Waals surface area contributed by atoms with Crippen LogP contribution in [0.3, 0.4) is 0 Å². The summed E-state index contributed by atoms with van der Waals surface area (Å²) in [5.41, 5.74) is 3.63. The molecule has 0 aromatic heterocycles. The molecule has 252 valence electrons. The number of hydroxylamine groups is 2. The van der Waals surface area contributed by atoms with Crippen molar-refractivity contribution in [2.45, 2.75) is 58.0 Å². The first-order valence-electron chi connectivity index (χ1n) is 15.5. The van der Waals surface area contributed by atoms with Crippen molar-refractivity contribution in [3.05, 3.63) is 53.1 Å². The van der Waals surface area contributed by atoms with Crippen LogP contribution >= 0.6 is 0 Å². The molecule has 1 atom stereocenters. The van der Waals surface area contributed by atoms with Crippen LogP contribution < -0.4 is 16.0 Å². The van der Waals surface area contributed by atoms with Gasteiger partial charge in [0, 0.05) is 63.1 Å². The minimum absolute atomic E-state index is 0.0224. The summed E-state index contributed by atoms with van der Waals surface area (Å²) in [4.78, 5) is 79.1. The van der Waals surface area contributed by atoms with Crippen molar-refractivity contribution in [1.82, 2.24) is 15.7 Å². The van der Waals surface area contributed by atoms with Gasteiger partial charge < -0.3 is 30.2 Å². The number of ether oxygens (including phenoxy) is 3. The topological polar surface area (TPSA) is 179 Å². The van der Waals surface area contributed by atoms with Gasteiger partial charge in [0.15, 0.2) is 0 Å². The van der Waals surface area contributed by atoms with Gasteiger partial charge in [-0.2, -0.15) is 0 Å². The number of anilines is 1. The molecular formula is C33H40N4O10.